The molecule has 0 bridgehead atoms. The van der Waals surface area contributed by atoms with Crippen LogP contribution < -0.4 is 10.6 Å². The van der Waals surface area contributed by atoms with Gasteiger partial charge in [0.2, 0.25) is 11.8 Å². The fourth-order valence-electron chi connectivity index (χ4n) is 3.72. The number of hydrogen-bond acceptors (Lipinski definition) is 4. The number of carbonyl (C=O) groups is 3. The smallest absolute Gasteiger partial charge is 0.326 e. The van der Waals surface area contributed by atoms with E-state index in [0.717, 1.165) is 32.1 Å². The van der Waals surface area contributed by atoms with Crippen molar-refractivity contribution in [1.82, 2.24) is 15.5 Å². The standard InChI is InChI=1S/C17H29N3O4/c1-11(18-2)15(21)19-14(12-7-4-3-5-8-12)16(22)20-10-6-9-13(20)17(23)24/h11-14,18H,3-10H2,1-2H3,(H,19,21)(H,23,24)/t11?,13-,14?/m0/s1. The van der Waals surface area contributed by atoms with Crippen LogP contribution in [0.25, 0.3) is 0 Å². The molecule has 1 aliphatic heterocycles. The summed E-state index contributed by atoms with van der Waals surface area (Å²) in [7, 11) is 1.70. The van der Waals surface area contributed by atoms with Gasteiger partial charge in [0.15, 0.2) is 0 Å². The number of amides is 2. The molecule has 1 heterocycles. The van der Waals surface area contributed by atoms with Crippen LogP contribution in [0.5, 0.6) is 0 Å². The van der Waals surface area contributed by atoms with Crippen LogP contribution in [0.4, 0.5) is 0 Å². The minimum Gasteiger partial charge on any atom is -0.480 e. The minimum absolute atomic E-state index is 0.0919. The number of rotatable bonds is 6. The van der Waals surface area contributed by atoms with E-state index in [1.54, 1.807) is 14.0 Å². The molecule has 1 saturated carbocycles. The molecule has 1 aliphatic carbocycles. The summed E-state index contributed by atoms with van der Waals surface area (Å²) in [6, 6.07) is -1.77. The molecule has 2 unspecified atom stereocenters. The van der Waals surface area contributed by atoms with Gasteiger partial charge in [0.25, 0.3) is 0 Å². The topological polar surface area (TPSA) is 98.7 Å². The fraction of sp³-hybridized carbons (Fsp3) is 0.824. The first-order chi connectivity index (χ1) is 11.5. The van der Waals surface area contributed by atoms with Gasteiger partial charge in [-0.05, 0) is 45.6 Å². The van der Waals surface area contributed by atoms with E-state index in [1.165, 1.54) is 4.90 Å². The van der Waals surface area contributed by atoms with Gasteiger partial charge in [0.1, 0.15) is 12.1 Å². The Labute approximate surface area is 143 Å². The molecule has 3 N–H and O–H groups in total. The summed E-state index contributed by atoms with van der Waals surface area (Å²) in [6.45, 7) is 2.20. The second kappa shape index (κ2) is 8.46. The number of likely N-dealkylation sites (N-methyl/N-ethyl adjacent to an activating group) is 1. The average Bonchev–Trinajstić information content (AvgIpc) is 3.09. The minimum atomic E-state index is -0.960. The van der Waals surface area contributed by atoms with Gasteiger partial charge < -0.3 is 20.6 Å². The van der Waals surface area contributed by atoms with Crippen molar-refractivity contribution in [2.75, 3.05) is 13.6 Å². The Morgan fingerprint density at radius 1 is 1.08 bits per heavy atom. The quantitative estimate of drug-likeness (QED) is 0.663. The molecule has 2 aliphatic rings. The second-order valence-corrected chi connectivity index (χ2v) is 6.92. The number of carboxylic acid groups (broad SMARTS) is 1. The van der Waals surface area contributed by atoms with Crippen LogP contribution in [-0.4, -0.2) is 59.5 Å². The zero-order valence-electron chi connectivity index (χ0n) is 14.6. The number of hydrogen-bond donors (Lipinski definition) is 3. The van der Waals surface area contributed by atoms with Gasteiger partial charge in [-0.25, -0.2) is 4.79 Å². The zero-order valence-corrected chi connectivity index (χ0v) is 14.6. The van der Waals surface area contributed by atoms with Gasteiger partial charge in [-0.15, -0.1) is 0 Å². The van der Waals surface area contributed by atoms with Crippen molar-refractivity contribution in [2.24, 2.45) is 5.92 Å². The first-order valence-electron chi connectivity index (χ1n) is 8.96. The van der Waals surface area contributed by atoms with Crippen LogP contribution in [0.3, 0.4) is 0 Å². The van der Waals surface area contributed by atoms with Gasteiger partial charge >= 0.3 is 5.97 Å². The summed E-state index contributed by atoms with van der Waals surface area (Å²) >= 11 is 0. The Kier molecular flexibility index (Phi) is 6.60. The van der Waals surface area contributed by atoms with E-state index >= 15 is 0 Å². The van der Waals surface area contributed by atoms with Crippen molar-refractivity contribution in [3.63, 3.8) is 0 Å². The van der Waals surface area contributed by atoms with Gasteiger partial charge in [-0.2, -0.15) is 0 Å². The highest BCUT2D eigenvalue weighted by molar-refractivity contribution is 5.92. The number of carboxylic acids is 1. The Balaban J connectivity index is 2.15. The normalized spacial score (nSPS) is 24.4. The van der Waals surface area contributed by atoms with E-state index < -0.39 is 24.1 Å². The van der Waals surface area contributed by atoms with Crippen molar-refractivity contribution in [2.45, 2.75) is 70.0 Å². The lowest BCUT2D eigenvalue weighted by molar-refractivity contribution is -0.150. The van der Waals surface area contributed by atoms with Crippen LogP contribution in [0.15, 0.2) is 0 Å². The highest BCUT2D eigenvalue weighted by Gasteiger charge is 2.40. The number of nitrogens with one attached hydrogen (secondary N) is 2. The molecule has 136 valence electrons. The lowest BCUT2D eigenvalue weighted by Crippen LogP contribution is -2.57. The number of likely N-dealkylation sites (tertiary alicyclic amines) is 1. The highest BCUT2D eigenvalue weighted by Crippen LogP contribution is 2.29. The zero-order chi connectivity index (χ0) is 17.7. The van der Waals surface area contributed by atoms with Crippen LogP contribution >= 0.6 is 0 Å². The van der Waals surface area contributed by atoms with E-state index in [2.05, 4.69) is 10.6 Å². The summed E-state index contributed by atoms with van der Waals surface area (Å²) in [5.41, 5.74) is 0. The monoisotopic (exact) mass is 339 g/mol. The first-order valence-corrected chi connectivity index (χ1v) is 8.96. The van der Waals surface area contributed by atoms with Gasteiger partial charge in [0, 0.05) is 6.54 Å². The number of aliphatic carboxylic acids is 1. The summed E-state index contributed by atoms with van der Waals surface area (Å²) < 4.78 is 0. The number of carbonyl (C=O) groups excluding carboxylic acids is 2. The third-order valence-corrected chi connectivity index (χ3v) is 5.33. The predicted molar refractivity (Wildman–Crippen MR) is 89.4 cm³/mol. The molecule has 0 aromatic carbocycles. The molecule has 2 amide bonds. The van der Waals surface area contributed by atoms with E-state index in [1.807, 2.05) is 0 Å². The number of nitrogens with zero attached hydrogens (tertiary/aromatic N) is 1. The molecule has 3 atom stereocenters. The van der Waals surface area contributed by atoms with Gasteiger partial charge in [-0.3, -0.25) is 9.59 Å². The Morgan fingerprint density at radius 3 is 2.33 bits per heavy atom. The summed E-state index contributed by atoms with van der Waals surface area (Å²) in [6.07, 6.45) is 6.23. The van der Waals surface area contributed by atoms with Crippen LogP contribution in [-0.2, 0) is 14.4 Å². The molecular formula is C17H29N3O4. The third-order valence-electron chi connectivity index (χ3n) is 5.33. The molecule has 2 fully saturated rings. The van der Waals surface area contributed by atoms with Crippen LogP contribution in [0, 0.1) is 5.92 Å². The van der Waals surface area contributed by atoms with Gasteiger partial charge in [-0.1, -0.05) is 19.3 Å². The van der Waals surface area contributed by atoms with E-state index in [9.17, 15) is 19.5 Å². The average molecular weight is 339 g/mol. The largest absolute Gasteiger partial charge is 0.480 e. The summed E-state index contributed by atoms with van der Waals surface area (Å²) in [5.74, 6) is -1.32. The first kappa shape index (κ1) is 18.7. The molecule has 7 nitrogen and oxygen atoms in total. The van der Waals surface area contributed by atoms with E-state index in [-0.39, 0.29) is 17.7 Å². The van der Waals surface area contributed by atoms with Crippen molar-refractivity contribution in [3.8, 4) is 0 Å². The molecule has 7 heteroatoms. The molecule has 0 aromatic rings. The molecular weight excluding hydrogens is 310 g/mol. The maximum Gasteiger partial charge on any atom is 0.326 e. The lowest BCUT2D eigenvalue weighted by Gasteiger charge is -2.34. The molecule has 2 rings (SSSR count). The predicted octanol–water partition coefficient (Wildman–Crippen LogP) is 0.735. The SMILES string of the molecule is CNC(C)C(=O)NC(C(=O)N1CCC[C@H]1C(=O)O)C1CCCCC1. The fourth-order valence-corrected chi connectivity index (χ4v) is 3.72. The highest BCUT2D eigenvalue weighted by atomic mass is 16.4. The van der Waals surface area contributed by atoms with Crippen molar-refractivity contribution in [1.29, 1.82) is 0 Å². The molecule has 24 heavy (non-hydrogen) atoms. The van der Waals surface area contributed by atoms with Crippen molar-refractivity contribution >= 4 is 17.8 Å². The van der Waals surface area contributed by atoms with Crippen molar-refractivity contribution in [3.05, 3.63) is 0 Å². The van der Waals surface area contributed by atoms with Crippen LogP contribution in [0.2, 0.25) is 0 Å². The maximum atomic E-state index is 13.0. The third kappa shape index (κ3) is 4.26. The molecule has 0 radical (unpaired) electrons. The maximum absolute atomic E-state index is 13.0. The van der Waals surface area contributed by atoms with E-state index in [0.29, 0.717) is 19.4 Å². The lowest BCUT2D eigenvalue weighted by atomic mass is 9.83. The van der Waals surface area contributed by atoms with E-state index in [4.69, 9.17) is 0 Å². The van der Waals surface area contributed by atoms with Crippen molar-refractivity contribution < 1.29 is 19.5 Å². The summed E-state index contributed by atoms with van der Waals surface area (Å²) in [4.78, 5) is 38.2. The molecule has 1 saturated heterocycles. The Bertz CT molecular complexity index is 476. The second-order valence-electron chi connectivity index (χ2n) is 6.92. The summed E-state index contributed by atoms with van der Waals surface area (Å²) in [5, 5.41) is 15.1. The Hall–Kier alpha value is -1.63. The molecule has 0 aromatic heterocycles. The van der Waals surface area contributed by atoms with Gasteiger partial charge in [0.05, 0.1) is 6.04 Å². The van der Waals surface area contributed by atoms with Crippen LogP contribution in [0.1, 0.15) is 51.9 Å². The molecule has 0 spiro atoms. The Morgan fingerprint density at radius 2 is 1.75 bits per heavy atom.